The lowest BCUT2D eigenvalue weighted by Crippen LogP contribution is -2.36. The number of hydrogen-bond acceptors (Lipinski definition) is 3. The second-order valence-electron chi connectivity index (χ2n) is 5.43. The molecule has 5 heteroatoms. The van der Waals surface area contributed by atoms with Crippen LogP contribution in [-0.2, 0) is 11.3 Å². The fraction of sp³-hybridized carbons (Fsp3) is 0.533. The third-order valence-corrected chi connectivity index (χ3v) is 3.72. The molecule has 0 saturated carbocycles. The van der Waals surface area contributed by atoms with Crippen molar-refractivity contribution in [2.24, 2.45) is 5.92 Å². The Bertz CT molecular complexity index is 479. The first-order chi connectivity index (χ1) is 9.58. The zero-order chi connectivity index (χ0) is 14.5. The molecule has 20 heavy (non-hydrogen) atoms. The zero-order valence-electron chi connectivity index (χ0n) is 11.7. The standard InChI is InChI=1S/C15H21FN2O2/c1-11-2-3-12(6-14(11)16)7-17-15(20)9-18-5-4-13(8-18)10-19/h2-3,6,13,19H,4-5,7-10H2,1H3,(H,17,20). The van der Waals surface area contributed by atoms with Crippen molar-refractivity contribution < 1.29 is 14.3 Å². The number of aliphatic hydroxyl groups is 1. The van der Waals surface area contributed by atoms with E-state index < -0.39 is 0 Å². The summed E-state index contributed by atoms with van der Waals surface area (Å²) in [4.78, 5) is 13.8. The number of likely N-dealkylation sites (tertiary alicyclic amines) is 1. The molecule has 1 aliphatic rings. The maximum absolute atomic E-state index is 13.4. The molecule has 4 nitrogen and oxygen atoms in total. The van der Waals surface area contributed by atoms with Crippen molar-refractivity contribution in [3.63, 3.8) is 0 Å². The predicted molar refractivity (Wildman–Crippen MR) is 74.6 cm³/mol. The number of rotatable bonds is 5. The van der Waals surface area contributed by atoms with E-state index in [9.17, 15) is 9.18 Å². The first-order valence-corrected chi connectivity index (χ1v) is 6.93. The highest BCUT2D eigenvalue weighted by Crippen LogP contribution is 2.14. The van der Waals surface area contributed by atoms with Gasteiger partial charge in [0, 0.05) is 19.7 Å². The fourth-order valence-electron chi connectivity index (χ4n) is 2.41. The van der Waals surface area contributed by atoms with Crippen LogP contribution in [-0.4, -0.2) is 42.2 Å². The zero-order valence-corrected chi connectivity index (χ0v) is 11.7. The number of halogens is 1. The molecule has 2 N–H and O–H groups in total. The third kappa shape index (κ3) is 4.02. The van der Waals surface area contributed by atoms with E-state index in [4.69, 9.17) is 5.11 Å². The Morgan fingerprint density at radius 3 is 3.00 bits per heavy atom. The molecule has 1 heterocycles. The first kappa shape index (κ1) is 14.9. The van der Waals surface area contributed by atoms with Crippen LogP contribution in [0.25, 0.3) is 0 Å². The minimum absolute atomic E-state index is 0.0652. The summed E-state index contributed by atoms with van der Waals surface area (Å²) in [6, 6.07) is 4.98. The van der Waals surface area contributed by atoms with Crippen molar-refractivity contribution in [1.82, 2.24) is 10.2 Å². The van der Waals surface area contributed by atoms with Gasteiger partial charge in [-0.3, -0.25) is 9.69 Å². The molecule has 1 aromatic rings. The molecule has 0 spiro atoms. The van der Waals surface area contributed by atoms with E-state index in [1.807, 2.05) is 11.0 Å². The Kier molecular flexibility index (Phi) is 5.09. The van der Waals surface area contributed by atoms with Crippen molar-refractivity contribution >= 4 is 5.91 Å². The van der Waals surface area contributed by atoms with Gasteiger partial charge in [-0.05, 0) is 43.0 Å². The van der Waals surface area contributed by atoms with Gasteiger partial charge in [0.2, 0.25) is 5.91 Å². The van der Waals surface area contributed by atoms with Crippen LogP contribution in [0.2, 0.25) is 0 Å². The maximum Gasteiger partial charge on any atom is 0.234 e. The Balaban J connectivity index is 1.76. The lowest BCUT2D eigenvalue weighted by Gasteiger charge is -2.15. The first-order valence-electron chi connectivity index (χ1n) is 6.93. The third-order valence-electron chi connectivity index (χ3n) is 3.72. The van der Waals surface area contributed by atoms with Gasteiger partial charge < -0.3 is 10.4 Å². The normalized spacial score (nSPS) is 19.2. The lowest BCUT2D eigenvalue weighted by molar-refractivity contribution is -0.122. The second-order valence-corrected chi connectivity index (χ2v) is 5.43. The van der Waals surface area contributed by atoms with Crippen molar-refractivity contribution in [3.05, 3.63) is 35.1 Å². The predicted octanol–water partition coefficient (Wildman–Crippen LogP) is 1.06. The molecule has 1 fully saturated rings. The van der Waals surface area contributed by atoms with Gasteiger partial charge in [-0.15, -0.1) is 0 Å². The number of benzene rings is 1. The highest BCUT2D eigenvalue weighted by Gasteiger charge is 2.23. The number of nitrogens with zero attached hydrogens (tertiary/aromatic N) is 1. The minimum atomic E-state index is -0.248. The summed E-state index contributed by atoms with van der Waals surface area (Å²) < 4.78 is 13.4. The summed E-state index contributed by atoms with van der Waals surface area (Å²) >= 11 is 0. The molecule has 1 saturated heterocycles. The molecule has 0 radical (unpaired) electrons. The van der Waals surface area contributed by atoms with Crippen LogP contribution in [0.15, 0.2) is 18.2 Å². The van der Waals surface area contributed by atoms with E-state index >= 15 is 0 Å². The quantitative estimate of drug-likeness (QED) is 0.848. The Hall–Kier alpha value is -1.46. The number of aliphatic hydroxyl groups excluding tert-OH is 1. The van der Waals surface area contributed by atoms with Crippen LogP contribution >= 0.6 is 0 Å². The van der Waals surface area contributed by atoms with Crippen LogP contribution in [0.1, 0.15) is 17.5 Å². The van der Waals surface area contributed by atoms with Gasteiger partial charge >= 0.3 is 0 Å². The van der Waals surface area contributed by atoms with Gasteiger partial charge in [0.05, 0.1) is 6.54 Å². The summed E-state index contributed by atoms with van der Waals surface area (Å²) in [7, 11) is 0. The monoisotopic (exact) mass is 280 g/mol. The number of aryl methyl sites for hydroxylation is 1. The van der Waals surface area contributed by atoms with Crippen molar-refractivity contribution in [2.75, 3.05) is 26.2 Å². The van der Waals surface area contributed by atoms with Gasteiger partial charge in [-0.1, -0.05) is 12.1 Å². The van der Waals surface area contributed by atoms with E-state index in [1.165, 1.54) is 6.07 Å². The molecule has 0 aliphatic carbocycles. The summed E-state index contributed by atoms with van der Waals surface area (Å²) in [6.07, 6.45) is 0.937. The molecule has 1 atom stereocenters. The Morgan fingerprint density at radius 1 is 1.55 bits per heavy atom. The maximum atomic E-state index is 13.4. The van der Waals surface area contributed by atoms with Gasteiger partial charge in [-0.2, -0.15) is 0 Å². The molecule has 1 amide bonds. The Morgan fingerprint density at radius 2 is 2.35 bits per heavy atom. The topological polar surface area (TPSA) is 52.6 Å². The van der Waals surface area contributed by atoms with Crippen molar-refractivity contribution in [2.45, 2.75) is 19.9 Å². The summed E-state index contributed by atoms with van der Waals surface area (Å²) in [5, 5.41) is 11.9. The van der Waals surface area contributed by atoms with E-state index in [2.05, 4.69) is 5.32 Å². The van der Waals surface area contributed by atoms with Gasteiger partial charge in [0.1, 0.15) is 5.82 Å². The number of carbonyl (C=O) groups excluding carboxylic acids is 1. The van der Waals surface area contributed by atoms with Crippen LogP contribution in [0.3, 0.4) is 0 Å². The average molecular weight is 280 g/mol. The van der Waals surface area contributed by atoms with E-state index in [0.717, 1.165) is 25.1 Å². The van der Waals surface area contributed by atoms with Gasteiger partial charge in [0.25, 0.3) is 0 Å². The summed E-state index contributed by atoms with van der Waals surface area (Å²) in [5.74, 6) is -0.0272. The largest absolute Gasteiger partial charge is 0.396 e. The summed E-state index contributed by atoms with van der Waals surface area (Å²) in [6.45, 7) is 4.18. The van der Waals surface area contributed by atoms with E-state index in [0.29, 0.717) is 18.7 Å². The lowest BCUT2D eigenvalue weighted by atomic mass is 10.1. The number of hydrogen-bond donors (Lipinski definition) is 2. The molecule has 0 bridgehead atoms. The van der Waals surface area contributed by atoms with Gasteiger partial charge in [0.15, 0.2) is 0 Å². The Labute approximate surface area is 118 Å². The van der Waals surface area contributed by atoms with E-state index in [-0.39, 0.29) is 24.2 Å². The fourth-order valence-corrected chi connectivity index (χ4v) is 2.41. The molecule has 2 rings (SSSR count). The molecule has 110 valence electrons. The number of amides is 1. The molecular weight excluding hydrogens is 259 g/mol. The SMILES string of the molecule is Cc1ccc(CNC(=O)CN2CCC(CO)C2)cc1F. The smallest absolute Gasteiger partial charge is 0.234 e. The molecular formula is C15H21FN2O2. The number of nitrogens with one attached hydrogen (secondary N) is 1. The molecule has 1 aliphatic heterocycles. The summed E-state index contributed by atoms with van der Waals surface area (Å²) in [5.41, 5.74) is 1.36. The average Bonchev–Trinajstić information content (AvgIpc) is 2.88. The van der Waals surface area contributed by atoms with Crippen LogP contribution in [0, 0.1) is 18.7 Å². The van der Waals surface area contributed by atoms with Crippen molar-refractivity contribution in [3.8, 4) is 0 Å². The highest BCUT2D eigenvalue weighted by atomic mass is 19.1. The van der Waals surface area contributed by atoms with Gasteiger partial charge in [-0.25, -0.2) is 4.39 Å². The molecule has 1 aromatic carbocycles. The minimum Gasteiger partial charge on any atom is -0.396 e. The number of carbonyl (C=O) groups is 1. The second kappa shape index (κ2) is 6.81. The molecule has 1 unspecified atom stereocenters. The van der Waals surface area contributed by atoms with E-state index in [1.54, 1.807) is 13.0 Å². The van der Waals surface area contributed by atoms with Crippen LogP contribution in [0.4, 0.5) is 4.39 Å². The molecule has 0 aromatic heterocycles. The van der Waals surface area contributed by atoms with Crippen LogP contribution < -0.4 is 5.32 Å². The van der Waals surface area contributed by atoms with Crippen molar-refractivity contribution in [1.29, 1.82) is 0 Å². The van der Waals surface area contributed by atoms with Crippen LogP contribution in [0.5, 0.6) is 0 Å². The highest BCUT2D eigenvalue weighted by molar-refractivity contribution is 5.78.